The Hall–Kier alpha value is -2.91. The van der Waals surface area contributed by atoms with E-state index in [0.29, 0.717) is 0 Å². The van der Waals surface area contributed by atoms with Gasteiger partial charge in [-0.3, -0.25) is 9.10 Å². The fourth-order valence-corrected chi connectivity index (χ4v) is 3.69. The summed E-state index contributed by atoms with van der Waals surface area (Å²) in [5, 5.41) is 12.8. The summed E-state index contributed by atoms with van der Waals surface area (Å²) in [5.41, 5.74) is -0.258. The zero-order valence-corrected chi connectivity index (χ0v) is 13.9. The third-order valence-corrected chi connectivity index (χ3v) is 5.26. The first-order valence-corrected chi connectivity index (χ1v) is 8.11. The lowest BCUT2D eigenvalue weighted by molar-refractivity contribution is -0.113. The van der Waals surface area contributed by atoms with Crippen LogP contribution >= 0.6 is 0 Å². The van der Waals surface area contributed by atoms with Crippen molar-refractivity contribution in [1.29, 1.82) is 0 Å². The number of amides is 1. The summed E-state index contributed by atoms with van der Waals surface area (Å²) in [6.07, 6.45) is 1.49. The highest BCUT2D eigenvalue weighted by atomic mass is 32.2. The maximum absolute atomic E-state index is 12.5. The largest absolute Gasteiger partial charge is 0.505 e. The van der Waals surface area contributed by atoms with Crippen molar-refractivity contribution in [2.24, 2.45) is 0 Å². The van der Waals surface area contributed by atoms with Crippen molar-refractivity contribution in [3.63, 3.8) is 0 Å². The highest BCUT2D eigenvalue weighted by Gasteiger charge is 2.37. The minimum atomic E-state index is -3.91. The molecule has 2 heterocycles. The van der Waals surface area contributed by atoms with Crippen LogP contribution < -0.4 is 11.5 Å². The molecule has 0 bridgehead atoms. The summed E-state index contributed by atoms with van der Waals surface area (Å²) in [5.74, 6) is -0.907. The van der Waals surface area contributed by atoms with Crippen molar-refractivity contribution in [3.8, 4) is 0 Å². The maximum atomic E-state index is 12.5. The zero-order valence-electron chi connectivity index (χ0n) is 13.1. The minimum absolute atomic E-state index is 0. The number of sulfonamides is 1. The lowest BCUT2D eigenvalue weighted by Crippen LogP contribution is -2.37. The second-order valence-electron chi connectivity index (χ2n) is 4.84. The summed E-state index contributed by atoms with van der Waals surface area (Å²) in [7, 11) is -2.69. The van der Waals surface area contributed by atoms with E-state index < -0.39 is 21.7 Å². The number of aliphatic hydroxyl groups excluding tert-OH is 1. The summed E-state index contributed by atoms with van der Waals surface area (Å²) in [6, 6.07) is 10.9. The van der Waals surface area contributed by atoms with Gasteiger partial charge in [0.25, 0.3) is 15.9 Å². The first-order chi connectivity index (χ1) is 10.9. The number of nitrogens with one attached hydrogen (secondary N) is 1. The van der Waals surface area contributed by atoms with Crippen LogP contribution in [-0.4, -0.2) is 35.8 Å². The smallest absolute Gasteiger partial charge is 0.277 e. The number of carbonyl (C=O) groups excluding carboxylic acids is 1. The van der Waals surface area contributed by atoms with Crippen LogP contribution in [0, 0.1) is 0 Å². The standard InChI is InChI=1S/C15H13N3O4S.H3N/c1-18-13(15(20)17-12-8-4-5-9-16-12)14(19)10-6-2-3-7-11(10)23(18,21)22;/h2-9,19H,1H3,(H,16,17,20);1H3/p+1. The van der Waals surface area contributed by atoms with Gasteiger partial charge in [0.2, 0.25) is 0 Å². The van der Waals surface area contributed by atoms with Gasteiger partial charge in [0.05, 0.1) is 4.90 Å². The van der Waals surface area contributed by atoms with Crippen molar-refractivity contribution >= 4 is 27.5 Å². The molecule has 0 saturated heterocycles. The number of hydrogen-bond acceptors (Lipinski definition) is 5. The van der Waals surface area contributed by atoms with Gasteiger partial charge in [0.15, 0.2) is 11.5 Å². The molecule has 0 atom stereocenters. The molecule has 0 saturated carbocycles. The monoisotopic (exact) mass is 349 g/mol. The van der Waals surface area contributed by atoms with Gasteiger partial charge in [-0.25, -0.2) is 13.4 Å². The van der Waals surface area contributed by atoms with Gasteiger partial charge in [0, 0.05) is 18.8 Å². The number of likely N-dealkylation sites (N-methyl/N-ethyl adjacent to an activating group) is 1. The average Bonchev–Trinajstić information content (AvgIpc) is 2.54. The second kappa shape index (κ2) is 6.30. The van der Waals surface area contributed by atoms with Crippen LogP contribution in [0.1, 0.15) is 5.56 Å². The normalized spacial score (nSPS) is 15.3. The summed E-state index contributed by atoms with van der Waals surface area (Å²) >= 11 is 0. The quantitative estimate of drug-likeness (QED) is 0.761. The average molecular weight is 349 g/mol. The SMILES string of the molecule is CN1C(C(=O)Nc2ccccn2)=C(O)c2ccccc2S1(=O)=O.[NH4+]. The van der Waals surface area contributed by atoms with Crippen LogP contribution in [-0.2, 0) is 14.8 Å². The number of fused-ring (bicyclic) bond motifs is 1. The summed E-state index contributed by atoms with van der Waals surface area (Å²) in [6.45, 7) is 0. The van der Waals surface area contributed by atoms with E-state index in [4.69, 9.17) is 0 Å². The highest BCUT2D eigenvalue weighted by Crippen LogP contribution is 2.34. The fraction of sp³-hybridized carbons (Fsp3) is 0.0667. The number of anilines is 1. The van der Waals surface area contributed by atoms with E-state index in [2.05, 4.69) is 10.3 Å². The Labute approximate surface area is 139 Å². The number of nitrogens with zero attached hydrogens (tertiary/aromatic N) is 2. The molecule has 0 spiro atoms. The predicted octanol–water partition coefficient (Wildman–Crippen LogP) is 1.96. The number of pyridine rings is 1. The van der Waals surface area contributed by atoms with Gasteiger partial charge >= 0.3 is 0 Å². The molecule has 0 unspecified atom stereocenters. The van der Waals surface area contributed by atoms with Crippen LogP contribution in [0.4, 0.5) is 5.82 Å². The van der Waals surface area contributed by atoms with E-state index in [9.17, 15) is 18.3 Å². The molecule has 0 fully saturated rings. The Bertz CT molecular complexity index is 910. The molecule has 6 N–H and O–H groups in total. The second-order valence-corrected chi connectivity index (χ2v) is 6.77. The highest BCUT2D eigenvalue weighted by molar-refractivity contribution is 7.89. The predicted molar refractivity (Wildman–Crippen MR) is 89.8 cm³/mol. The molecule has 1 aliphatic rings. The van der Waals surface area contributed by atoms with Crippen molar-refractivity contribution in [2.75, 3.05) is 12.4 Å². The number of carbonyl (C=O) groups is 1. The van der Waals surface area contributed by atoms with Gasteiger partial charge in [-0.05, 0) is 24.3 Å². The number of hydrogen-bond donors (Lipinski definition) is 3. The van der Waals surface area contributed by atoms with Crippen molar-refractivity contribution in [1.82, 2.24) is 15.4 Å². The Morgan fingerprint density at radius 1 is 1.17 bits per heavy atom. The number of aliphatic hydroxyl groups is 1. The summed E-state index contributed by atoms with van der Waals surface area (Å²) < 4.78 is 25.8. The van der Waals surface area contributed by atoms with Crippen molar-refractivity contribution in [3.05, 3.63) is 59.9 Å². The van der Waals surface area contributed by atoms with Crippen molar-refractivity contribution in [2.45, 2.75) is 4.90 Å². The third-order valence-electron chi connectivity index (χ3n) is 3.44. The molecule has 9 heteroatoms. The minimum Gasteiger partial charge on any atom is -0.505 e. The number of rotatable bonds is 2. The Morgan fingerprint density at radius 2 is 1.83 bits per heavy atom. The fourth-order valence-electron chi connectivity index (χ4n) is 2.29. The topological polar surface area (TPSA) is 136 Å². The molecule has 8 nitrogen and oxygen atoms in total. The maximum Gasteiger partial charge on any atom is 0.277 e. The van der Waals surface area contributed by atoms with E-state index in [-0.39, 0.29) is 28.1 Å². The van der Waals surface area contributed by atoms with Crippen LogP contribution in [0.15, 0.2) is 59.3 Å². The number of aromatic nitrogens is 1. The Balaban J connectivity index is 0.00000208. The third kappa shape index (κ3) is 2.70. The van der Waals surface area contributed by atoms with Gasteiger partial charge in [0.1, 0.15) is 5.82 Å². The molecule has 2 aromatic rings. The molecule has 0 radical (unpaired) electrons. The van der Waals surface area contributed by atoms with E-state index >= 15 is 0 Å². The van der Waals surface area contributed by atoms with E-state index in [1.54, 1.807) is 30.3 Å². The van der Waals surface area contributed by atoms with Crippen LogP contribution in [0.2, 0.25) is 0 Å². The van der Waals surface area contributed by atoms with Gasteiger partial charge < -0.3 is 16.6 Å². The van der Waals surface area contributed by atoms with Gasteiger partial charge in [-0.1, -0.05) is 18.2 Å². The zero-order chi connectivity index (χ0) is 16.6. The lowest BCUT2D eigenvalue weighted by atomic mass is 10.1. The van der Waals surface area contributed by atoms with Gasteiger partial charge in [-0.15, -0.1) is 0 Å². The van der Waals surface area contributed by atoms with Crippen LogP contribution in [0.3, 0.4) is 0 Å². The lowest BCUT2D eigenvalue weighted by Gasteiger charge is -2.28. The molecule has 1 aliphatic heterocycles. The first-order valence-electron chi connectivity index (χ1n) is 6.67. The van der Waals surface area contributed by atoms with E-state index in [0.717, 1.165) is 4.31 Å². The molecule has 1 aromatic carbocycles. The molecular weight excluding hydrogens is 332 g/mol. The summed E-state index contributed by atoms with van der Waals surface area (Å²) in [4.78, 5) is 16.3. The van der Waals surface area contributed by atoms with Gasteiger partial charge in [-0.2, -0.15) is 0 Å². The van der Waals surface area contributed by atoms with Crippen LogP contribution in [0.5, 0.6) is 0 Å². The van der Waals surface area contributed by atoms with Crippen molar-refractivity contribution < 1.29 is 18.3 Å². The van der Waals surface area contributed by atoms with E-state index in [1.807, 2.05) is 0 Å². The molecule has 24 heavy (non-hydrogen) atoms. The van der Waals surface area contributed by atoms with E-state index in [1.165, 1.54) is 25.4 Å². The molecule has 126 valence electrons. The Morgan fingerprint density at radius 3 is 2.50 bits per heavy atom. The molecule has 3 rings (SSSR count). The number of benzene rings is 1. The van der Waals surface area contributed by atoms with Crippen LogP contribution in [0.25, 0.3) is 5.76 Å². The molecular formula is C15H17N4O4S+. The molecule has 1 aromatic heterocycles. The first kappa shape index (κ1) is 17.4. The Kier molecular flexibility index (Phi) is 4.58. The molecule has 1 amide bonds. The molecule has 0 aliphatic carbocycles. The number of quaternary nitrogens is 1.